The number of halogens is 1. The smallest absolute Gasteiger partial charge is 0.0827 e. The van der Waals surface area contributed by atoms with E-state index >= 15 is 0 Å². The normalized spacial score (nSPS) is 10.7. The zero-order chi connectivity index (χ0) is 18.2. The van der Waals surface area contributed by atoms with Crippen LogP contribution in [0.25, 0.3) is 5.57 Å². The lowest BCUT2D eigenvalue weighted by molar-refractivity contribution is 0.595. The Morgan fingerprint density at radius 3 is 2.15 bits per heavy atom. The van der Waals surface area contributed by atoms with Gasteiger partial charge in [-0.2, -0.15) is 0 Å². The van der Waals surface area contributed by atoms with E-state index in [1.54, 1.807) is 0 Å². The van der Waals surface area contributed by atoms with Crippen molar-refractivity contribution in [3.05, 3.63) is 87.3 Å². The van der Waals surface area contributed by atoms with Crippen LogP contribution in [0.2, 0.25) is 0 Å². The fraction of sp³-hybridized carbons (Fsp3) is 0.273. The third-order valence-electron chi connectivity index (χ3n) is 4.33. The predicted molar refractivity (Wildman–Crippen MR) is 116 cm³/mol. The molecule has 0 N–H and O–H groups in total. The molecule has 1 heterocycles. The summed E-state index contributed by atoms with van der Waals surface area (Å²) < 4.78 is 3.31. The molecule has 0 atom stereocenters. The molecule has 3 rings (SSSR count). The van der Waals surface area contributed by atoms with E-state index < -0.39 is 0 Å². The van der Waals surface area contributed by atoms with Crippen LogP contribution in [0.1, 0.15) is 43.0 Å². The monoisotopic (exact) mass is 457 g/mol. The Morgan fingerprint density at radius 1 is 0.962 bits per heavy atom. The van der Waals surface area contributed by atoms with Crippen LogP contribution in [0.4, 0.5) is 0 Å². The first-order chi connectivity index (χ1) is 12.8. The highest BCUT2D eigenvalue weighted by Crippen LogP contribution is 2.32. The van der Waals surface area contributed by atoms with E-state index in [0.29, 0.717) is 0 Å². The zero-order valence-electron chi connectivity index (χ0n) is 15.1. The molecule has 0 bridgehead atoms. The molecule has 26 heavy (non-hydrogen) atoms. The van der Waals surface area contributed by atoms with Gasteiger partial charge in [-0.1, -0.05) is 79.2 Å². The van der Waals surface area contributed by atoms with E-state index in [0.717, 1.165) is 25.1 Å². The highest BCUT2D eigenvalue weighted by atomic mass is 127. The van der Waals surface area contributed by atoms with E-state index in [1.165, 1.54) is 33.1 Å². The summed E-state index contributed by atoms with van der Waals surface area (Å²) in [6.45, 7) is 3.05. The highest BCUT2D eigenvalue weighted by molar-refractivity contribution is 14.1. The maximum absolute atomic E-state index is 4.29. The number of nitrogens with zero attached hydrogens (tertiary/aromatic N) is 3. The summed E-state index contributed by atoms with van der Waals surface area (Å²) in [7, 11) is 0. The summed E-state index contributed by atoms with van der Waals surface area (Å²) >= 11 is 2.48. The molecular weight excluding hydrogens is 433 g/mol. The summed E-state index contributed by atoms with van der Waals surface area (Å²) in [4.78, 5) is 0. The number of allylic oxidation sites excluding steroid dienone is 1. The number of rotatable bonds is 8. The Morgan fingerprint density at radius 2 is 1.58 bits per heavy atom. The second-order valence-corrected chi connectivity index (χ2v) is 7.64. The molecule has 0 amide bonds. The van der Waals surface area contributed by atoms with E-state index in [4.69, 9.17) is 0 Å². The molecule has 0 fully saturated rings. The van der Waals surface area contributed by atoms with Gasteiger partial charge in [0.25, 0.3) is 0 Å². The summed E-state index contributed by atoms with van der Waals surface area (Å²) in [6, 6.07) is 21.2. The molecule has 3 aromatic rings. The van der Waals surface area contributed by atoms with Crippen molar-refractivity contribution in [1.82, 2.24) is 15.0 Å². The molecule has 0 aliphatic heterocycles. The van der Waals surface area contributed by atoms with Crippen LogP contribution in [-0.4, -0.2) is 15.0 Å². The van der Waals surface area contributed by atoms with Crippen LogP contribution in [0.3, 0.4) is 0 Å². The van der Waals surface area contributed by atoms with Gasteiger partial charge in [-0.3, -0.25) is 4.68 Å². The van der Waals surface area contributed by atoms with Gasteiger partial charge >= 0.3 is 0 Å². The zero-order valence-corrected chi connectivity index (χ0v) is 17.3. The molecule has 0 aliphatic rings. The van der Waals surface area contributed by atoms with Crippen LogP contribution in [0, 0.1) is 0 Å². The maximum Gasteiger partial charge on any atom is 0.0827 e. The minimum absolute atomic E-state index is 0.848. The fourth-order valence-electron chi connectivity index (χ4n) is 2.95. The van der Waals surface area contributed by atoms with Gasteiger partial charge in [-0.15, -0.1) is 5.10 Å². The van der Waals surface area contributed by atoms with Crippen molar-refractivity contribution in [2.24, 2.45) is 0 Å². The Hall–Kier alpha value is -1.95. The van der Waals surface area contributed by atoms with Crippen molar-refractivity contribution in [2.75, 3.05) is 0 Å². The minimum atomic E-state index is 0.848. The summed E-state index contributed by atoms with van der Waals surface area (Å²) in [6.07, 6.45) is 6.40. The van der Waals surface area contributed by atoms with Gasteiger partial charge in [0, 0.05) is 16.3 Å². The van der Waals surface area contributed by atoms with Crippen LogP contribution >= 0.6 is 22.6 Å². The van der Waals surface area contributed by atoms with Crippen LogP contribution in [0.15, 0.2) is 70.4 Å². The first kappa shape index (κ1) is 18.8. The number of hydrogen-bond donors (Lipinski definition) is 0. The Kier molecular flexibility index (Phi) is 7.00. The maximum atomic E-state index is 4.29. The second kappa shape index (κ2) is 9.67. The van der Waals surface area contributed by atoms with E-state index in [1.807, 2.05) is 4.68 Å². The van der Waals surface area contributed by atoms with Gasteiger partial charge in [-0.25, -0.2) is 0 Å². The number of aryl methyl sites for hydroxylation is 2. The van der Waals surface area contributed by atoms with Crippen molar-refractivity contribution in [3.8, 4) is 0 Å². The summed E-state index contributed by atoms with van der Waals surface area (Å²) in [5.74, 6) is 0. The summed E-state index contributed by atoms with van der Waals surface area (Å²) in [5, 5.41) is 8.57. The quantitative estimate of drug-likeness (QED) is 0.394. The molecular formula is C22H24IN3. The third-order valence-corrected chi connectivity index (χ3v) is 5.41. The average Bonchev–Trinajstić information content (AvgIpc) is 3.14. The predicted octanol–water partition coefficient (Wildman–Crippen LogP) is 5.91. The third kappa shape index (κ3) is 5.04. The van der Waals surface area contributed by atoms with E-state index in [2.05, 4.69) is 107 Å². The molecule has 0 saturated carbocycles. The Balaban J connectivity index is 1.80. The van der Waals surface area contributed by atoms with Crippen LogP contribution in [0.5, 0.6) is 0 Å². The average molecular weight is 457 g/mol. The first-order valence-electron chi connectivity index (χ1n) is 9.16. The molecule has 0 spiro atoms. The van der Waals surface area contributed by atoms with E-state index in [-0.39, 0.29) is 0 Å². The minimum Gasteiger partial charge on any atom is -0.252 e. The lowest BCUT2D eigenvalue weighted by atomic mass is 9.97. The van der Waals surface area contributed by atoms with Gasteiger partial charge in [-0.05, 0) is 58.6 Å². The molecule has 0 radical (unpaired) electrons. The van der Waals surface area contributed by atoms with Gasteiger partial charge in [0.2, 0.25) is 0 Å². The molecule has 0 aliphatic carbocycles. The second-order valence-electron chi connectivity index (χ2n) is 6.34. The highest BCUT2D eigenvalue weighted by Gasteiger charge is 2.10. The fourth-order valence-corrected chi connectivity index (χ4v) is 3.81. The van der Waals surface area contributed by atoms with Gasteiger partial charge < -0.3 is 0 Å². The van der Waals surface area contributed by atoms with Crippen LogP contribution < -0.4 is 0 Å². The largest absolute Gasteiger partial charge is 0.252 e. The van der Waals surface area contributed by atoms with Crippen LogP contribution in [-0.2, 0) is 13.0 Å². The lowest BCUT2D eigenvalue weighted by Gasteiger charge is -2.12. The Labute approximate surface area is 169 Å². The standard InChI is InChI=1S/C22H24IN3/c1-2-3-14-20-17-26(25-24-20)16-15-21(23)22(18-10-6-4-7-11-18)19-12-8-5-9-13-19/h4-13,17H,2-3,14-16H2,1H3. The molecule has 4 heteroatoms. The number of unbranched alkanes of at least 4 members (excludes halogenated alkanes) is 1. The van der Waals surface area contributed by atoms with Gasteiger partial charge in [0.1, 0.15) is 0 Å². The molecule has 0 saturated heterocycles. The lowest BCUT2D eigenvalue weighted by Crippen LogP contribution is -2.00. The number of benzene rings is 2. The summed E-state index contributed by atoms with van der Waals surface area (Å²) in [5.41, 5.74) is 4.91. The molecule has 1 aromatic heterocycles. The first-order valence-corrected chi connectivity index (χ1v) is 10.2. The van der Waals surface area contributed by atoms with E-state index in [9.17, 15) is 0 Å². The molecule has 3 nitrogen and oxygen atoms in total. The van der Waals surface area contributed by atoms with Crippen molar-refractivity contribution < 1.29 is 0 Å². The Bertz CT molecular complexity index is 797. The molecule has 0 unspecified atom stereocenters. The van der Waals surface area contributed by atoms with Gasteiger partial charge in [0.15, 0.2) is 0 Å². The van der Waals surface area contributed by atoms with Crippen molar-refractivity contribution in [3.63, 3.8) is 0 Å². The van der Waals surface area contributed by atoms with Crippen molar-refractivity contribution in [1.29, 1.82) is 0 Å². The molecule has 2 aromatic carbocycles. The number of aromatic nitrogens is 3. The number of hydrogen-bond acceptors (Lipinski definition) is 2. The van der Waals surface area contributed by atoms with Gasteiger partial charge in [0.05, 0.1) is 5.69 Å². The molecule has 134 valence electrons. The van der Waals surface area contributed by atoms with Crippen molar-refractivity contribution in [2.45, 2.75) is 39.2 Å². The van der Waals surface area contributed by atoms with Crippen molar-refractivity contribution >= 4 is 28.2 Å². The SMILES string of the molecule is CCCCc1cn(CCC(I)=C(c2ccccc2)c2ccccc2)nn1. The topological polar surface area (TPSA) is 30.7 Å².